The number of carbonyl (C=O) groups is 1. The monoisotopic (exact) mass is 267 g/mol. The highest BCUT2D eigenvalue weighted by Crippen LogP contribution is 2.33. The number of allylic oxidation sites excluding steroid dienone is 1. The molecule has 20 heavy (non-hydrogen) atoms. The van der Waals surface area contributed by atoms with Gasteiger partial charge in [-0.15, -0.1) is 0 Å². The van der Waals surface area contributed by atoms with Crippen LogP contribution >= 0.6 is 0 Å². The molecule has 3 N–H and O–H groups in total. The number of aromatic nitrogens is 1. The van der Waals surface area contributed by atoms with Crippen molar-refractivity contribution in [2.45, 2.75) is 25.7 Å². The van der Waals surface area contributed by atoms with E-state index in [1.54, 1.807) is 0 Å². The van der Waals surface area contributed by atoms with Gasteiger partial charge in [0.2, 0.25) is 5.91 Å². The predicted octanol–water partition coefficient (Wildman–Crippen LogP) is 2.63. The van der Waals surface area contributed by atoms with Crippen molar-refractivity contribution in [1.29, 1.82) is 0 Å². The number of amides is 1. The van der Waals surface area contributed by atoms with Gasteiger partial charge in [0, 0.05) is 34.8 Å². The van der Waals surface area contributed by atoms with Gasteiger partial charge >= 0.3 is 0 Å². The summed E-state index contributed by atoms with van der Waals surface area (Å²) in [7, 11) is 0. The largest absolute Gasteiger partial charge is 0.399 e. The van der Waals surface area contributed by atoms with Gasteiger partial charge in [0.1, 0.15) is 0 Å². The number of anilines is 1. The van der Waals surface area contributed by atoms with E-state index in [0.29, 0.717) is 12.1 Å². The Morgan fingerprint density at radius 1 is 1.40 bits per heavy atom. The van der Waals surface area contributed by atoms with Gasteiger partial charge in [-0.3, -0.25) is 9.78 Å². The predicted molar refractivity (Wildman–Crippen MR) is 80.2 cm³/mol. The summed E-state index contributed by atoms with van der Waals surface area (Å²) in [5.41, 5.74) is 10.3. The molecular weight excluding hydrogens is 250 g/mol. The Bertz CT molecular complexity index is 721. The number of carbonyl (C=O) groups excluding carboxylic acids is 1. The highest BCUT2D eigenvalue weighted by atomic mass is 16.1. The second-order valence-electron chi connectivity index (χ2n) is 5.28. The number of nitrogens with one attached hydrogen (secondary N) is 1. The minimum Gasteiger partial charge on any atom is -0.399 e. The van der Waals surface area contributed by atoms with Gasteiger partial charge in [0.25, 0.3) is 0 Å². The van der Waals surface area contributed by atoms with E-state index in [1.807, 2.05) is 25.1 Å². The van der Waals surface area contributed by atoms with Crippen LogP contribution in [0.2, 0.25) is 0 Å². The molecule has 2 aromatic rings. The van der Waals surface area contributed by atoms with Gasteiger partial charge in [0.15, 0.2) is 0 Å². The average molecular weight is 267 g/mol. The first-order valence-electron chi connectivity index (χ1n) is 6.70. The molecule has 0 spiro atoms. The summed E-state index contributed by atoms with van der Waals surface area (Å²) >= 11 is 0. The lowest BCUT2D eigenvalue weighted by Crippen LogP contribution is -2.31. The summed E-state index contributed by atoms with van der Waals surface area (Å²) in [6, 6.07) is 7.86. The zero-order chi connectivity index (χ0) is 14.3. The van der Waals surface area contributed by atoms with Crippen LogP contribution in [0.5, 0.6) is 0 Å². The molecule has 1 aliphatic heterocycles. The average Bonchev–Trinajstić information content (AvgIpc) is 2.38. The number of pyridine rings is 1. The molecule has 4 nitrogen and oxygen atoms in total. The van der Waals surface area contributed by atoms with Crippen molar-refractivity contribution in [2.75, 3.05) is 5.73 Å². The standard InChI is InChI=1S/C16H17N3O/c1-9-13(5-6-16(20)19-9)14-7-11-3-4-12(17)8-15(11)18-10(14)2/h3-4,7-8,13H,1,5-6,17H2,2H3,(H,19,20). The molecular formula is C16H17N3O. The summed E-state index contributed by atoms with van der Waals surface area (Å²) < 4.78 is 0. The van der Waals surface area contributed by atoms with E-state index in [0.717, 1.165) is 34.3 Å². The smallest absolute Gasteiger partial charge is 0.224 e. The lowest BCUT2D eigenvalue weighted by Gasteiger charge is -2.26. The normalized spacial score (nSPS) is 19.1. The second-order valence-corrected chi connectivity index (χ2v) is 5.28. The van der Waals surface area contributed by atoms with Gasteiger partial charge in [0.05, 0.1) is 5.52 Å². The number of nitrogen functional groups attached to an aromatic ring is 1. The number of hydrogen-bond donors (Lipinski definition) is 2. The molecule has 102 valence electrons. The third kappa shape index (κ3) is 2.13. The highest BCUT2D eigenvalue weighted by molar-refractivity contribution is 5.83. The van der Waals surface area contributed by atoms with Crippen LogP contribution in [-0.2, 0) is 4.79 Å². The van der Waals surface area contributed by atoms with Crippen LogP contribution in [0.15, 0.2) is 36.5 Å². The third-order valence-corrected chi connectivity index (χ3v) is 3.83. The molecule has 1 fully saturated rings. The Kier molecular flexibility index (Phi) is 2.93. The molecule has 0 radical (unpaired) electrons. The van der Waals surface area contributed by atoms with Crippen molar-refractivity contribution < 1.29 is 4.79 Å². The maximum atomic E-state index is 11.4. The molecule has 1 saturated heterocycles. The Morgan fingerprint density at radius 2 is 2.20 bits per heavy atom. The van der Waals surface area contributed by atoms with E-state index in [1.165, 1.54) is 0 Å². The van der Waals surface area contributed by atoms with E-state index in [9.17, 15) is 4.79 Å². The first-order chi connectivity index (χ1) is 9.54. The van der Waals surface area contributed by atoms with Crippen molar-refractivity contribution in [2.24, 2.45) is 0 Å². The lowest BCUT2D eigenvalue weighted by molar-refractivity contribution is -0.121. The first-order valence-corrected chi connectivity index (χ1v) is 6.70. The van der Waals surface area contributed by atoms with E-state index in [2.05, 4.69) is 22.9 Å². The Hall–Kier alpha value is -2.36. The van der Waals surface area contributed by atoms with Crippen LogP contribution in [0.25, 0.3) is 10.9 Å². The fraction of sp³-hybridized carbons (Fsp3) is 0.250. The van der Waals surface area contributed by atoms with Crippen molar-refractivity contribution in [1.82, 2.24) is 10.3 Å². The Balaban J connectivity index is 2.07. The molecule has 1 unspecified atom stereocenters. The number of benzene rings is 1. The summed E-state index contributed by atoms with van der Waals surface area (Å²) in [4.78, 5) is 16.0. The Labute approximate surface area is 117 Å². The van der Waals surface area contributed by atoms with Crippen LogP contribution in [-0.4, -0.2) is 10.9 Å². The van der Waals surface area contributed by atoms with Gasteiger partial charge in [-0.1, -0.05) is 12.6 Å². The summed E-state index contributed by atoms with van der Waals surface area (Å²) in [6.45, 7) is 5.97. The van der Waals surface area contributed by atoms with Crippen LogP contribution in [0.4, 0.5) is 5.69 Å². The van der Waals surface area contributed by atoms with E-state index < -0.39 is 0 Å². The molecule has 3 rings (SSSR count). The molecule has 1 amide bonds. The maximum Gasteiger partial charge on any atom is 0.224 e. The zero-order valence-corrected chi connectivity index (χ0v) is 11.4. The van der Waals surface area contributed by atoms with Gasteiger partial charge in [-0.25, -0.2) is 0 Å². The van der Waals surface area contributed by atoms with Crippen molar-refractivity contribution in [3.63, 3.8) is 0 Å². The van der Waals surface area contributed by atoms with Crippen LogP contribution < -0.4 is 11.1 Å². The van der Waals surface area contributed by atoms with Crippen LogP contribution in [0, 0.1) is 6.92 Å². The summed E-state index contributed by atoms with van der Waals surface area (Å²) in [6.07, 6.45) is 1.32. The molecule has 0 bridgehead atoms. The van der Waals surface area contributed by atoms with E-state index in [-0.39, 0.29) is 11.8 Å². The summed E-state index contributed by atoms with van der Waals surface area (Å²) in [5.74, 6) is 0.188. The molecule has 1 atom stereocenters. The lowest BCUT2D eigenvalue weighted by atomic mass is 9.87. The number of aryl methyl sites for hydroxylation is 1. The van der Waals surface area contributed by atoms with E-state index >= 15 is 0 Å². The quantitative estimate of drug-likeness (QED) is 0.780. The van der Waals surface area contributed by atoms with Crippen LogP contribution in [0.1, 0.15) is 30.0 Å². The van der Waals surface area contributed by atoms with Crippen molar-refractivity contribution in [3.05, 3.63) is 47.8 Å². The number of rotatable bonds is 1. The molecule has 2 heterocycles. The molecule has 1 aromatic heterocycles. The van der Waals surface area contributed by atoms with Crippen molar-refractivity contribution in [3.8, 4) is 0 Å². The number of nitrogens with zero attached hydrogens (tertiary/aromatic N) is 1. The number of piperidine rings is 1. The SMILES string of the molecule is C=C1NC(=O)CCC1c1cc2ccc(N)cc2nc1C. The molecule has 4 heteroatoms. The fourth-order valence-electron chi connectivity index (χ4n) is 2.77. The molecule has 0 aliphatic carbocycles. The molecule has 1 aliphatic rings. The van der Waals surface area contributed by atoms with Gasteiger partial charge in [-0.2, -0.15) is 0 Å². The number of fused-ring (bicyclic) bond motifs is 1. The fourth-order valence-corrected chi connectivity index (χ4v) is 2.77. The van der Waals surface area contributed by atoms with E-state index in [4.69, 9.17) is 5.73 Å². The number of nitrogens with two attached hydrogens (primary N) is 1. The Morgan fingerprint density at radius 3 is 2.95 bits per heavy atom. The number of hydrogen-bond acceptors (Lipinski definition) is 3. The van der Waals surface area contributed by atoms with Crippen molar-refractivity contribution >= 4 is 22.5 Å². The van der Waals surface area contributed by atoms with Gasteiger partial charge in [-0.05, 0) is 37.1 Å². The minimum atomic E-state index is 0.0467. The highest BCUT2D eigenvalue weighted by Gasteiger charge is 2.25. The second kappa shape index (κ2) is 4.63. The van der Waals surface area contributed by atoms with Gasteiger partial charge < -0.3 is 11.1 Å². The zero-order valence-electron chi connectivity index (χ0n) is 11.4. The minimum absolute atomic E-state index is 0.0467. The first kappa shape index (κ1) is 12.7. The topological polar surface area (TPSA) is 68.0 Å². The van der Waals surface area contributed by atoms with Crippen LogP contribution in [0.3, 0.4) is 0 Å². The molecule has 0 saturated carbocycles. The summed E-state index contributed by atoms with van der Waals surface area (Å²) in [5, 5.41) is 3.89. The molecule has 1 aromatic carbocycles. The third-order valence-electron chi connectivity index (χ3n) is 3.83. The maximum absolute atomic E-state index is 11.4.